The topological polar surface area (TPSA) is 133 Å². The summed E-state index contributed by atoms with van der Waals surface area (Å²) in [6.45, 7) is -0.872. The van der Waals surface area contributed by atoms with Crippen molar-refractivity contribution >= 4 is 20.4 Å². The van der Waals surface area contributed by atoms with Crippen molar-refractivity contribution < 1.29 is 37.2 Å². The van der Waals surface area contributed by atoms with E-state index in [1.165, 1.54) is 0 Å². The van der Waals surface area contributed by atoms with Gasteiger partial charge in [0, 0.05) is 6.54 Å². The second-order valence-electron chi connectivity index (χ2n) is 4.52. The highest BCUT2D eigenvalue weighted by molar-refractivity contribution is 7.48. The zero-order valence-corrected chi connectivity index (χ0v) is 14.8. The third-order valence-electron chi connectivity index (χ3n) is 2.64. The summed E-state index contributed by atoms with van der Waals surface area (Å²) in [7, 11) is -4.03. The number of ether oxygens (including phenoxy) is 2. The predicted octanol–water partition coefficient (Wildman–Crippen LogP) is 2.11. The van der Waals surface area contributed by atoms with E-state index in [0.29, 0.717) is 0 Å². The fourth-order valence-corrected chi connectivity index (χ4v) is 2.57. The lowest BCUT2D eigenvalue weighted by Gasteiger charge is -2.17. The minimum Gasteiger partial charge on any atom is -0.445 e. The Hall–Kier alpha value is -2.44. The number of hydrogen-bond donors (Lipinski definition) is 1. The van der Waals surface area contributed by atoms with Gasteiger partial charge >= 0.3 is 13.9 Å². The largest absolute Gasteiger partial charge is 0.477 e. The monoisotopic (exact) mass is 386 g/mol. The van der Waals surface area contributed by atoms with E-state index in [1.54, 1.807) is 6.07 Å². The van der Waals surface area contributed by atoms with Gasteiger partial charge < -0.3 is 14.8 Å². The first-order valence-corrected chi connectivity index (χ1v) is 8.96. The Morgan fingerprint density at radius 2 is 1.92 bits per heavy atom. The second kappa shape index (κ2) is 12.9. The van der Waals surface area contributed by atoms with Crippen molar-refractivity contribution in [2.75, 3.05) is 26.6 Å². The van der Waals surface area contributed by atoms with E-state index in [9.17, 15) is 14.2 Å². The van der Waals surface area contributed by atoms with E-state index >= 15 is 0 Å². The quantitative estimate of drug-likeness (QED) is 0.234. The average molecular weight is 386 g/mol. The van der Waals surface area contributed by atoms with Crippen LogP contribution in [-0.2, 0) is 39.0 Å². The predicted molar refractivity (Wildman–Crippen MR) is 87.5 cm³/mol. The van der Waals surface area contributed by atoms with Crippen LogP contribution in [0.4, 0.5) is 4.79 Å². The first-order valence-electron chi connectivity index (χ1n) is 7.50. The van der Waals surface area contributed by atoms with Gasteiger partial charge in [-0.2, -0.15) is 5.26 Å². The number of hydrogen-bond acceptors (Lipinski definition) is 9. The molecule has 0 aromatic heterocycles. The lowest BCUT2D eigenvalue weighted by Crippen LogP contribution is -2.27. The van der Waals surface area contributed by atoms with Crippen LogP contribution in [0.1, 0.15) is 12.0 Å². The molecule has 1 atom stereocenters. The Bertz CT molecular complexity index is 634. The van der Waals surface area contributed by atoms with Crippen LogP contribution in [0.25, 0.3) is 0 Å². The molecule has 10 nitrogen and oxygen atoms in total. The van der Waals surface area contributed by atoms with Crippen molar-refractivity contribution in [2.24, 2.45) is 0 Å². The van der Waals surface area contributed by atoms with E-state index in [1.807, 2.05) is 30.3 Å². The number of carbonyl (C=O) groups excluding carboxylic acids is 2. The molecule has 26 heavy (non-hydrogen) atoms. The molecule has 1 aromatic rings. The molecule has 11 heteroatoms. The SMILES string of the molecule is N#CCCOP(=O)(OCCNC(=O)OCc1ccccc1)OCOC=O. The van der Waals surface area contributed by atoms with Crippen LogP contribution in [0.2, 0.25) is 0 Å². The molecule has 0 spiro atoms. The molecule has 0 radical (unpaired) electrons. The molecular formula is C15H19N2O8P. The Balaban J connectivity index is 2.29. The van der Waals surface area contributed by atoms with E-state index < -0.39 is 20.7 Å². The van der Waals surface area contributed by atoms with Crippen molar-refractivity contribution in [1.82, 2.24) is 5.32 Å². The molecule has 0 aliphatic heterocycles. The van der Waals surface area contributed by atoms with Gasteiger partial charge in [0.25, 0.3) is 6.47 Å². The van der Waals surface area contributed by atoms with Crippen molar-refractivity contribution in [3.63, 3.8) is 0 Å². The van der Waals surface area contributed by atoms with Crippen LogP contribution in [-0.4, -0.2) is 39.1 Å². The molecule has 0 saturated carbocycles. The molecule has 1 amide bonds. The number of rotatable bonds is 13. The summed E-state index contributed by atoms with van der Waals surface area (Å²) in [5, 5.41) is 10.9. The first kappa shape index (κ1) is 21.6. The van der Waals surface area contributed by atoms with Gasteiger partial charge in [-0.05, 0) is 5.56 Å². The summed E-state index contributed by atoms with van der Waals surface area (Å²) < 4.78 is 36.0. The van der Waals surface area contributed by atoms with Gasteiger partial charge in [0.15, 0.2) is 0 Å². The molecule has 0 saturated heterocycles. The number of nitrogens with one attached hydrogen (secondary N) is 1. The van der Waals surface area contributed by atoms with Crippen molar-refractivity contribution in [2.45, 2.75) is 13.0 Å². The summed E-state index contributed by atoms with van der Waals surface area (Å²) in [4.78, 5) is 21.6. The lowest BCUT2D eigenvalue weighted by atomic mass is 10.2. The molecule has 0 aliphatic carbocycles. The van der Waals surface area contributed by atoms with Crippen molar-refractivity contribution in [3.8, 4) is 6.07 Å². The number of carbonyl (C=O) groups is 2. The van der Waals surface area contributed by atoms with Gasteiger partial charge in [-0.25, -0.2) is 13.9 Å². The fourth-order valence-electron chi connectivity index (χ4n) is 1.52. The average Bonchev–Trinajstić information content (AvgIpc) is 2.65. The fraction of sp³-hybridized carbons (Fsp3) is 0.400. The highest BCUT2D eigenvalue weighted by atomic mass is 31.2. The number of phosphoric ester groups is 1. The molecule has 1 rings (SSSR count). The van der Waals surface area contributed by atoms with Gasteiger partial charge in [-0.3, -0.25) is 13.8 Å². The number of amides is 1. The Kier molecular flexibility index (Phi) is 10.7. The van der Waals surface area contributed by atoms with E-state index in [2.05, 4.69) is 10.1 Å². The Morgan fingerprint density at radius 3 is 2.62 bits per heavy atom. The van der Waals surface area contributed by atoms with Gasteiger partial charge in [0.1, 0.15) is 6.61 Å². The zero-order chi connectivity index (χ0) is 19.1. The highest BCUT2D eigenvalue weighted by Gasteiger charge is 2.27. The van der Waals surface area contributed by atoms with Crippen LogP contribution in [0.3, 0.4) is 0 Å². The maximum atomic E-state index is 12.2. The molecule has 1 aromatic carbocycles. The van der Waals surface area contributed by atoms with E-state index in [4.69, 9.17) is 23.6 Å². The number of nitrogens with zero attached hydrogens (tertiary/aromatic N) is 1. The Labute approximate surface area is 150 Å². The zero-order valence-electron chi connectivity index (χ0n) is 13.9. The van der Waals surface area contributed by atoms with Gasteiger partial charge in [0.05, 0.1) is 25.7 Å². The smallest absolute Gasteiger partial charge is 0.445 e. The number of benzene rings is 1. The second-order valence-corrected chi connectivity index (χ2v) is 6.19. The van der Waals surface area contributed by atoms with Gasteiger partial charge in [-0.1, -0.05) is 30.3 Å². The van der Waals surface area contributed by atoms with Crippen molar-refractivity contribution in [3.05, 3.63) is 35.9 Å². The molecule has 0 heterocycles. The third kappa shape index (κ3) is 9.76. The van der Waals surface area contributed by atoms with Crippen LogP contribution < -0.4 is 5.32 Å². The highest BCUT2D eigenvalue weighted by Crippen LogP contribution is 2.49. The van der Waals surface area contributed by atoms with Crippen LogP contribution in [0.5, 0.6) is 0 Å². The third-order valence-corrected chi connectivity index (χ3v) is 4.06. The first-order chi connectivity index (χ1) is 12.6. The van der Waals surface area contributed by atoms with Gasteiger partial charge in [-0.15, -0.1) is 0 Å². The lowest BCUT2D eigenvalue weighted by molar-refractivity contribution is -0.135. The normalized spacial score (nSPS) is 12.4. The summed E-state index contributed by atoms with van der Waals surface area (Å²) >= 11 is 0. The molecule has 1 unspecified atom stereocenters. The molecule has 142 valence electrons. The minimum atomic E-state index is -4.03. The molecule has 0 bridgehead atoms. The van der Waals surface area contributed by atoms with Crippen LogP contribution in [0.15, 0.2) is 30.3 Å². The van der Waals surface area contributed by atoms with E-state index in [-0.39, 0.29) is 39.3 Å². The number of alkyl carbamates (subject to hydrolysis) is 1. The van der Waals surface area contributed by atoms with E-state index in [0.717, 1.165) is 5.56 Å². The minimum absolute atomic E-state index is 0.0306. The molecule has 0 aliphatic rings. The summed E-state index contributed by atoms with van der Waals surface area (Å²) in [6, 6.07) is 10.9. The number of nitriles is 1. The standard InChI is InChI=1S/C15H19N2O8P/c16-7-4-9-23-26(20,25-13-21-12-18)24-10-8-17-15(19)22-11-14-5-2-1-3-6-14/h1-3,5-6,12H,4,8-11,13H2,(H,17,19). The summed E-state index contributed by atoms with van der Waals surface area (Å²) in [5.41, 5.74) is 0.831. The van der Waals surface area contributed by atoms with Gasteiger partial charge in [0.2, 0.25) is 6.79 Å². The summed E-state index contributed by atoms with van der Waals surface area (Å²) in [5.74, 6) is 0. The Morgan fingerprint density at radius 1 is 1.19 bits per heavy atom. The van der Waals surface area contributed by atoms with Crippen LogP contribution >= 0.6 is 7.82 Å². The van der Waals surface area contributed by atoms with Crippen molar-refractivity contribution in [1.29, 1.82) is 5.26 Å². The van der Waals surface area contributed by atoms with Crippen LogP contribution in [0, 0.1) is 11.3 Å². The maximum Gasteiger partial charge on any atom is 0.477 e. The summed E-state index contributed by atoms with van der Waals surface area (Å²) in [6.07, 6.45) is -0.710. The number of phosphoric acid groups is 1. The molecule has 0 fully saturated rings. The molecular weight excluding hydrogens is 367 g/mol. The molecule has 1 N–H and O–H groups in total. The maximum absolute atomic E-state index is 12.2.